The molecule has 3 aromatic rings. The number of sulfonamides is 1. The molecule has 1 aliphatic carbocycles. The van der Waals surface area contributed by atoms with Crippen LogP contribution in [0.1, 0.15) is 24.6 Å². The number of nitrogens with zero attached hydrogens (tertiary/aromatic N) is 3. The van der Waals surface area contributed by atoms with Crippen molar-refractivity contribution in [2.75, 3.05) is 20.3 Å². The Morgan fingerprint density at radius 2 is 1.96 bits per heavy atom. The van der Waals surface area contributed by atoms with Gasteiger partial charge in [-0.15, -0.1) is 0 Å². The molecule has 0 atom stereocenters. The van der Waals surface area contributed by atoms with E-state index in [1.807, 2.05) is 12.1 Å². The quantitative estimate of drug-likeness (QED) is 0.636. The topological polar surface area (TPSA) is 106 Å². The summed E-state index contributed by atoms with van der Waals surface area (Å²) in [7, 11) is -2.04. The van der Waals surface area contributed by atoms with E-state index in [2.05, 4.69) is 14.8 Å². The van der Waals surface area contributed by atoms with Crippen LogP contribution in [-0.2, 0) is 10.0 Å². The largest absolute Gasteiger partial charge is 0.493 e. The van der Waals surface area contributed by atoms with E-state index in [0.717, 1.165) is 29.9 Å². The molecule has 2 aromatic heterocycles. The first-order valence-corrected chi connectivity index (χ1v) is 10.2. The van der Waals surface area contributed by atoms with Gasteiger partial charge in [-0.05, 0) is 37.1 Å². The van der Waals surface area contributed by atoms with Crippen molar-refractivity contribution < 1.29 is 18.3 Å². The second-order valence-electron chi connectivity index (χ2n) is 6.41. The van der Waals surface area contributed by atoms with Crippen molar-refractivity contribution in [3.63, 3.8) is 0 Å². The average molecular weight is 388 g/mol. The van der Waals surface area contributed by atoms with Gasteiger partial charge in [0.25, 0.3) is 0 Å². The molecule has 0 radical (unpaired) electrons. The summed E-state index contributed by atoms with van der Waals surface area (Å²) >= 11 is 0. The Morgan fingerprint density at radius 1 is 1.22 bits per heavy atom. The van der Waals surface area contributed by atoms with Crippen LogP contribution in [-0.4, -0.2) is 48.4 Å². The fraction of sp³-hybridized carbons (Fsp3) is 0.333. The maximum atomic E-state index is 12.2. The second-order valence-corrected chi connectivity index (χ2v) is 8.18. The van der Waals surface area contributed by atoms with Gasteiger partial charge >= 0.3 is 0 Å². The van der Waals surface area contributed by atoms with Gasteiger partial charge in [-0.25, -0.2) is 22.6 Å². The smallest absolute Gasteiger partial charge is 0.240 e. The van der Waals surface area contributed by atoms with E-state index in [1.54, 1.807) is 23.8 Å². The van der Waals surface area contributed by atoms with Gasteiger partial charge in [0.1, 0.15) is 0 Å². The van der Waals surface area contributed by atoms with E-state index in [4.69, 9.17) is 9.84 Å². The van der Waals surface area contributed by atoms with Crippen molar-refractivity contribution in [2.24, 2.45) is 0 Å². The first kappa shape index (κ1) is 17.9. The minimum absolute atomic E-state index is 0.0217. The zero-order valence-electron chi connectivity index (χ0n) is 14.8. The molecule has 0 unspecified atom stereocenters. The molecule has 27 heavy (non-hydrogen) atoms. The van der Waals surface area contributed by atoms with Crippen molar-refractivity contribution in [2.45, 2.75) is 23.7 Å². The Morgan fingerprint density at radius 3 is 2.59 bits per heavy atom. The van der Waals surface area contributed by atoms with Crippen LogP contribution in [0.5, 0.6) is 5.75 Å². The van der Waals surface area contributed by atoms with Crippen LogP contribution in [0.25, 0.3) is 16.9 Å². The zero-order valence-corrected chi connectivity index (χ0v) is 15.6. The summed E-state index contributed by atoms with van der Waals surface area (Å²) in [6.45, 7) is -0.275. The maximum absolute atomic E-state index is 12.2. The van der Waals surface area contributed by atoms with E-state index in [-0.39, 0.29) is 18.0 Å². The number of aliphatic hydroxyl groups excluding tert-OH is 1. The third-order valence-electron chi connectivity index (χ3n) is 4.49. The van der Waals surface area contributed by atoms with Crippen molar-refractivity contribution in [1.29, 1.82) is 0 Å². The summed E-state index contributed by atoms with van der Waals surface area (Å²) in [5.74, 6) is 1.87. The normalized spacial score (nSPS) is 14.6. The van der Waals surface area contributed by atoms with Crippen molar-refractivity contribution in [3.8, 4) is 17.0 Å². The molecule has 1 saturated carbocycles. The van der Waals surface area contributed by atoms with Crippen LogP contribution in [0.15, 0.2) is 41.3 Å². The molecule has 0 saturated heterocycles. The molecular formula is C18H20N4O4S. The number of ether oxygens (including phenoxy) is 1. The number of aromatic nitrogens is 3. The van der Waals surface area contributed by atoms with Crippen LogP contribution in [0, 0.1) is 0 Å². The third kappa shape index (κ3) is 3.41. The molecule has 4 rings (SSSR count). The Hall–Kier alpha value is -2.49. The van der Waals surface area contributed by atoms with Crippen LogP contribution < -0.4 is 9.46 Å². The van der Waals surface area contributed by atoms with Crippen molar-refractivity contribution in [3.05, 3.63) is 42.2 Å². The molecule has 1 fully saturated rings. The van der Waals surface area contributed by atoms with Gasteiger partial charge in [0, 0.05) is 18.0 Å². The summed E-state index contributed by atoms with van der Waals surface area (Å²) in [5.41, 5.74) is 2.27. The minimum atomic E-state index is -3.64. The van der Waals surface area contributed by atoms with Gasteiger partial charge in [-0.1, -0.05) is 12.1 Å². The molecule has 0 bridgehead atoms. The Balaban J connectivity index is 1.74. The van der Waals surface area contributed by atoms with E-state index in [0.29, 0.717) is 17.3 Å². The van der Waals surface area contributed by atoms with Crippen LogP contribution in [0.2, 0.25) is 0 Å². The molecular weight excluding hydrogens is 368 g/mol. The molecule has 2 N–H and O–H groups in total. The van der Waals surface area contributed by atoms with E-state index in [9.17, 15) is 8.42 Å². The number of benzene rings is 1. The highest BCUT2D eigenvalue weighted by Gasteiger charge is 2.29. The molecule has 9 heteroatoms. The first-order valence-electron chi connectivity index (χ1n) is 8.68. The van der Waals surface area contributed by atoms with Gasteiger partial charge in [-0.3, -0.25) is 0 Å². The SMILES string of the molecule is COc1ccc(-c2ccc(S(=O)(=O)NCCO)cc2)n2nc(C3CC3)nc12. The second kappa shape index (κ2) is 6.91. The van der Waals surface area contributed by atoms with E-state index < -0.39 is 10.0 Å². The van der Waals surface area contributed by atoms with Gasteiger partial charge in [0.05, 0.1) is 24.3 Å². The predicted octanol–water partition coefficient (Wildman–Crippen LogP) is 1.55. The number of aliphatic hydroxyl groups is 1. The number of fused-ring (bicyclic) bond motifs is 1. The minimum Gasteiger partial charge on any atom is -0.493 e. The molecule has 1 aromatic carbocycles. The summed E-state index contributed by atoms with van der Waals surface area (Å²) in [6.07, 6.45) is 2.20. The number of methoxy groups -OCH3 is 1. The van der Waals surface area contributed by atoms with Crippen LogP contribution >= 0.6 is 0 Å². The lowest BCUT2D eigenvalue weighted by molar-refractivity contribution is 0.301. The van der Waals surface area contributed by atoms with Crippen LogP contribution in [0.3, 0.4) is 0 Å². The van der Waals surface area contributed by atoms with E-state index >= 15 is 0 Å². The summed E-state index contributed by atoms with van der Waals surface area (Å²) in [4.78, 5) is 4.76. The standard InChI is InChI=1S/C18H20N4O4S/c1-26-16-9-8-15(22-18(16)20-17(21-22)13-2-3-13)12-4-6-14(7-5-12)27(24,25)19-10-11-23/h4-9,13,19,23H,2-3,10-11H2,1H3. The molecule has 0 amide bonds. The maximum Gasteiger partial charge on any atom is 0.240 e. The zero-order chi connectivity index (χ0) is 19.0. The average Bonchev–Trinajstić information content (AvgIpc) is 3.44. The highest BCUT2D eigenvalue weighted by molar-refractivity contribution is 7.89. The summed E-state index contributed by atoms with van der Waals surface area (Å²) < 4.78 is 33.8. The number of hydrogen-bond acceptors (Lipinski definition) is 6. The fourth-order valence-electron chi connectivity index (χ4n) is 2.92. The number of nitrogens with one attached hydrogen (secondary N) is 1. The number of hydrogen-bond donors (Lipinski definition) is 2. The van der Waals surface area contributed by atoms with Gasteiger partial charge < -0.3 is 9.84 Å². The summed E-state index contributed by atoms with van der Waals surface area (Å²) in [5, 5.41) is 13.4. The number of pyridine rings is 1. The Kier molecular flexibility index (Phi) is 4.58. The lowest BCUT2D eigenvalue weighted by Crippen LogP contribution is -2.26. The molecule has 142 valence electrons. The monoisotopic (exact) mass is 388 g/mol. The van der Waals surface area contributed by atoms with Gasteiger partial charge in [0.2, 0.25) is 10.0 Å². The first-order chi connectivity index (χ1) is 13.0. The molecule has 1 aliphatic rings. The predicted molar refractivity (Wildman–Crippen MR) is 99.2 cm³/mol. The highest BCUT2D eigenvalue weighted by atomic mass is 32.2. The van der Waals surface area contributed by atoms with Crippen LogP contribution in [0.4, 0.5) is 0 Å². The fourth-order valence-corrected chi connectivity index (χ4v) is 3.94. The Bertz CT molecular complexity index is 1070. The number of rotatable bonds is 7. The lowest BCUT2D eigenvalue weighted by Gasteiger charge is -2.09. The Labute approximate surface area is 156 Å². The van der Waals surface area contributed by atoms with Crippen molar-refractivity contribution >= 4 is 15.7 Å². The summed E-state index contributed by atoms with van der Waals surface area (Å²) in [6, 6.07) is 10.2. The van der Waals surface area contributed by atoms with Gasteiger partial charge in [0.15, 0.2) is 17.2 Å². The van der Waals surface area contributed by atoms with E-state index in [1.165, 1.54) is 12.1 Å². The molecule has 0 spiro atoms. The molecule has 2 heterocycles. The molecule has 8 nitrogen and oxygen atoms in total. The lowest BCUT2D eigenvalue weighted by atomic mass is 10.1. The highest BCUT2D eigenvalue weighted by Crippen LogP contribution is 2.39. The van der Waals surface area contributed by atoms with Crippen molar-refractivity contribution in [1.82, 2.24) is 19.3 Å². The molecule has 0 aliphatic heterocycles. The van der Waals surface area contributed by atoms with Gasteiger partial charge in [-0.2, -0.15) is 5.10 Å². The third-order valence-corrected chi connectivity index (χ3v) is 5.97.